The summed E-state index contributed by atoms with van der Waals surface area (Å²) in [5, 5.41) is 12.0. The minimum absolute atomic E-state index is 0.834. The van der Waals surface area contributed by atoms with Crippen molar-refractivity contribution in [2.45, 2.75) is 0 Å². The van der Waals surface area contributed by atoms with Gasteiger partial charge in [0, 0.05) is 56.7 Å². The summed E-state index contributed by atoms with van der Waals surface area (Å²) in [6.07, 6.45) is 9.38. The van der Waals surface area contributed by atoms with E-state index in [4.69, 9.17) is 4.98 Å². The molecule has 0 aliphatic carbocycles. The highest BCUT2D eigenvalue weighted by molar-refractivity contribution is 5.78. The van der Waals surface area contributed by atoms with Crippen molar-refractivity contribution in [1.29, 1.82) is 0 Å². The van der Waals surface area contributed by atoms with E-state index in [9.17, 15) is 0 Å². The fraction of sp³-hybridized carbons (Fsp3) is 0.263. The van der Waals surface area contributed by atoms with Gasteiger partial charge in [-0.3, -0.25) is 4.68 Å². The number of anilines is 1. The molecule has 0 bridgehead atoms. The molecule has 5 heterocycles. The summed E-state index contributed by atoms with van der Waals surface area (Å²) in [6, 6.07) is 6.14. The molecule has 27 heavy (non-hydrogen) atoms. The second-order valence-electron chi connectivity index (χ2n) is 6.68. The third-order valence-electron chi connectivity index (χ3n) is 4.85. The Morgan fingerprint density at radius 3 is 2.59 bits per heavy atom. The van der Waals surface area contributed by atoms with Gasteiger partial charge in [-0.05, 0) is 18.2 Å². The molecule has 1 saturated heterocycles. The van der Waals surface area contributed by atoms with E-state index in [2.05, 4.69) is 37.5 Å². The summed E-state index contributed by atoms with van der Waals surface area (Å²) < 4.78 is 3.63. The summed E-state index contributed by atoms with van der Waals surface area (Å²) in [5.41, 5.74) is 4.60. The molecule has 136 valence electrons. The molecule has 0 unspecified atom stereocenters. The number of hydrogen-bond donors (Lipinski definition) is 1. The molecule has 8 nitrogen and oxygen atoms in total. The van der Waals surface area contributed by atoms with Gasteiger partial charge in [0.1, 0.15) is 5.82 Å². The van der Waals surface area contributed by atoms with Crippen LogP contribution in [0.1, 0.15) is 0 Å². The van der Waals surface area contributed by atoms with Gasteiger partial charge in [0.2, 0.25) is 0 Å². The normalized spacial score (nSPS) is 14.8. The van der Waals surface area contributed by atoms with Crippen molar-refractivity contribution < 1.29 is 0 Å². The highest BCUT2D eigenvalue weighted by Crippen LogP contribution is 2.27. The largest absolute Gasteiger partial charge is 0.354 e. The molecular weight excluding hydrogens is 340 g/mol. The third-order valence-corrected chi connectivity index (χ3v) is 4.85. The first kappa shape index (κ1) is 16.0. The molecule has 8 heteroatoms. The highest BCUT2D eigenvalue weighted by atomic mass is 15.2. The number of pyridine rings is 1. The molecule has 1 aliphatic heterocycles. The summed E-state index contributed by atoms with van der Waals surface area (Å²) in [5.74, 6) is 1.01. The van der Waals surface area contributed by atoms with Crippen LogP contribution in [0.4, 0.5) is 5.82 Å². The quantitative estimate of drug-likeness (QED) is 0.598. The molecule has 0 saturated carbocycles. The molecule has 4 aromatic heterocycles. The monoisotopic (exact) mass is 360 g/mol. The zero-order valence-corrected chi connectivity index (χ0v) is 15.1. The first-order chi connectivity index (χ1) is 13.3. The fourth-order valence-electron chi connectivity index (χ4n) is 3.44. The van der Waals surface area contributed by atoms with Gasteiger partial charge in [-0.1, -0.05) is 0 Å². The molecule has 4 aromatic rings. The Balaban J connectivity index is 1.56. The summed E-state index contributed by atoms with van der Waals surface area (Å²) >= 11 is 0. The second-order valence-corrected chi connectivity index (χ2v) is 6.68. The number of nitrogens with one attached hydrogen (secondary N) is 1. The Labute approximate surface area is 156 Å². The van der Waals surface area contributed by atoms with Gasteiger partial charge in [-0.15, -0.1) is 0 Å². The minimum atomic E-state index is 0.834. The van der Waals surface area contributed by atoms with Crippen molar-refractivity contribution in [3.63, 3.8) is 0 Å². The van der Waals surface area contributed by atoms with Gasteiger partial charge in [-0.2, -0.15) is 10.2 Å². The van der Waals surface area contributed by atoms with Crippen molar-refractivity contribution in [2.24, 2.45) is 7.05 Å². The van der Waals surface area contributed by atoms with Gasteiger partial charge in [0.25, 0.3) is 0 Å². The van der Waals surface area contributed by atoms with Gasteiger partial charge < -0.3 is 10.2 Å². The lowest BCUT2D eigenvalue weighted by molar-refractivity contribution is 0.585. The van der Waals surface area contributed by atoms with E-state index in [0.29, 0.717) is 0 Å². The van der Waals surface area contributed by atoms with Gasteiger partial charge in [-0.25, -0.2) is 14.5 Å². The SMILES string of the molecule is Cn1cc(-c2cn3nccc3c(-c3ccc(N4CCNCC4)nc3)n2)cn1. The lowest BCUT2D eigenvalue weighted by Gasteiger charge is -2.28. The van der Waals surface area contributed by atoms with Crippen LogP contribution < -0.4 is 10.2 Å². The summed E-state index contributed by atoms with van der Waals surface area (Å²) in [4.78, 5) is 11.9. The molecule has 0 amide bonds. The number of nitrogens with zero attached hydrogens (tertiary/aromatic N) is 7. The van der Waals surface area contributed by atoms with Crippen molar-refractivity contribution in [2.75, 3.05) is 31.1 Å². The Morgan fingerprint density at radius 2 is 1.85 bits per heavy atom. The molecule has 0 atom stereocenters. The number of aromatic nitrogens is 6. The number of hydrogen-bond acceptors (Lipinski definition) is 6. The Morgan fingerprint density at radius 1 is 0.963 bits per heavy atom. The van der Waals surface area contributed by atoms with E-state index in [-0.39, 0.29) is 0 Å². The number of rotatable bonds is 3. The van der Waals surface area contributed by atoms with Gasteiger partial charge >= 0.3 is 0 Å². The summed E-state index contributed by atoms with van der Waals surface area (Å²) in [7, 11) is 1.90. The van der Waals surface area contributed by atoms with E-state index in [0.717, 1.165) is 60.0 Å². The first-order valence-corrected chi connectivity index (χ1v) is 9.03. The fourth-order valence-corrected chi connectivity index (χ4v) is 3.44. The highest BCUT2D eigenvalue weighted by Gasteiger charge is 2.14. The van der Waals surface area contributed by atoms with Crippen LogP contribution in [0.15, 0.2) is 49.2 Å². The Kier molecular flexibility index (Phi) is 3.83. The maximum Gasteiger partial charge on any atom is 0.128 e. The van der Waals surface area contributed by atoms with Crippen molar-refractivity contribution in [1.82, 2.24) is 34.7 Å². The maximum atomic E-state index is 4.89. The average Bonchev–Trinajstić information content (AvgIpc) is 3.37. The predicted molar refractivity (Wildman–Crippen MR) is 104 cm³/mol. The van der Waals surface area contributed by atoms with E-state index in [1.54, 1.807) is 10.9 Å². The van der Waals surface area contributed by atoms with Crippen LogP contribution in [0.3, 0.4) is 0 Å². The standard InChI is InChI=1S/C19H20N8/c1-25-12-15(11-23-25)16-13-27-17(4-5-22-27)19(24-16)14-2-3-18(21-10-14)26-8-6-20-7-9-26/h2-5,10-13,20H,6-9H2,1H3. The number of aryl methyl sites for hydroxylation is 1. The lowest BCUT2D eigenvalue weighted by atomic mass is 10.1. The van der Waals surface area contributed by atoms with E-state index in [1.807, 2.05) is 42.4 Å². The minimum Gasteiger partial charge on any atom is -0.354 e. The zero-order valence-electron chi connectivity index (χ0n) is 15.1. The van der Waals surface area contributed by atoms with Crippen LogP contribution in [0.25, 0.3) is 28.0 Å². The smallest absolute Gasteiger partial charge is 0.128 e. The van der Waals surface area contributed by atoms with Crippen molar-refractivity contribution in [3.05, 3.63) is 49.2 Å². The molecule has 0 radical (unpaired) electrons. The number of fused-ring (bicyclic) bond motifs is 1. The summed E-state index contributed by atoms with van der Waals surface area (Å²) in [6.45, 7) is 3.95. The molecular formula is C19H20N8. The maximum absolute atomic E-state index is 4.89. The average molecular weight is 360 g/mol. The van der Waals surface area contributed by atoms with Crippen LogP contribution in [0, 0.1) is 0 Å². The number of piperazine rings is 1. The molecule has 5 rings (SSSR count). The van der Waals surface area contributed by atoms with Crippen molar-refractivity contribution in [3.8, 4) is 22.5 Å². The Bertz CT molecular complexity index is 1070. The van der Waals surface area contributed by atoms with Crippen LogP contribution in [0.5, 0.6) is 0 Å². The third kappa shape index (κ3) is 2.93. The second kappa shape index (κ2) is 6.48. The topological polar surface area (TPSA) is 76.2 Å². The van der Waals surface area contributed by atoms with Crippen LogP contribution in [-0.2, 0) is 7.05 Å². The van der Waals surface area contributed by atoms with Crippen LogP contribution in [-0.4, -0.2) is 55.5 Å². The lowest BCUT2D eigenvalue weighted by Crippen LogP contribution is -2.43. The molecule has 1 fully saturated rings. The van der Waals surface area contributed by atoms with E-state index < -0.39 is 0 Å². The first-order valence-electron chi connectivity index (χ1n) is 9.03. The van der Waals surface area contributed by atoms with Crippen LogP contribution in [0.2, 0.25) is 0 Å². The van der Waals surface area contributed by atoms with E-state index >= 15 is 0 Å². The van der Waals surface area contributed by atoms with Gasteiger partial charge in [0.15, 0.2) is 0 Å². The molecule has 0 spiro atoms. The molecule has 1 aliphatic rings. The van der Waals surface area contributed by atoms with Crippen LogP contribution >= 0.6 is 0 Å². The Hall–Kier alpha value is -3.26. The zero-order chi connectivity index (χ0) is 18.2. The van der Waals surface area contributed by atoms with Crippen molar-refractivity contribution >= 4 is 11.3 Å². The van der Waals surface area contributed by atoms with Gasteiger partial charge in [0.05, 0.1) is 35.5 Å². The molecule has 0 aromatic carbocycles. The molecule has 1 N–H and O–H groups in total. The predicted octanol–water partition coefficient (Wildman–Crippen LogP) is 1.60. The van der Waals surface area contributed by atoms with E-state index in [1.165, 1.54) is 0 Å².